The number of hydrogen-bond acceptors (Lipinski definition) is 5. The molecule has 3 aromatic carbocycles. The Morgan fingerprint density at radius 1 is 1.11 bits per heavy atom. The van der Waals surface area contributed by atoms with Crippen molar-refractivity contribution in [2.45, 2.75) is 19.3 Å². The highest BCUT2D eigenvalue weighted by molar-refractivity contribution is 6.33. The number of carbonyl (C=O) groups is 2. The van der Waals surface area contributed by atoms with Gasteiger partial charge in [0, 0.05) is 23.7 Å². The number of hydrogen-bond donors (Lipinski definition) is 1. The Labute approximate surface area is 212 Å². The number of carboxylic acids is 1. The summed E-state index contributed by atoms with van der Waals surface area (Å²) in [6.45, 7) is 2.58. The van der Waals surface area contributed by atoms with Gasteiger partial charge in [-0.25, -0.2) is 0 Å². The number of nitrogens with zero attached hydrogens (tertiary/aromatic N) is 1. The Morgan fingerprint density at radius 2 is 1.86 bits per heavy atom. The van der Waals surface area contributed by atoms with Crippen LogP contribution in [0.3, 0.4) is 0 Å². The molecule has 3 aromatic rings. The summed E-state index contributed by atoms with van der Waals surface area (Å²) in [5, 5.41) is 10.1. The van der Waals surface area contributed by atoms with E-state index in [2.05, 4.69) is 0 Å². The van der Waals surface area contributed by atoms with Gasteiger partial charge < -0.3 is 24.2 Å². The van der Waals surface area contributed by atoms with Crippen molar-refractivity contribution in [3.05, 3.63) is 75.8 Å². The Morgan fingerprint density at radius 3 is 2.51 bits per heavy atom. The Kier molecular flexibility index (Phi) is 7.38. The molecule has 0 aromatic heterocycles. The second-order valence-corrected chi connectivity index (χ2v) is 8.63. The van der Waals surface area contributed by atoms with Crippen LogP contribution >= 0.6 is 23.2 Å². The van der Waals surface area contributed by atoms with Crippen LogP contribution in [0.1, 0.15) is 35.2 Å². The maximum atomic E-state index is 13.2. The van der Waals surface area contributed by atoms with Gasteiger partial charge in [-0.05, 0) is 55.8 Å². The molecule has 0 radical (unpaired) electrons. The summed E-state index contributed by atoms with van der Waals surface area (Å²) in [6.07, 6.45) is 0.379. The van der Waals surface area contributed by atoms with Crippen molar-refractivity contribution < 1.29 is 28.9 Å². The van der Waals surface area contributed by atoms with E-state index in [1.54, 1.807) is 59.5 Å². The molecule has 0 bridgehead atoms. The number of ether oxygens (including phenoxy) is 3. The zero-order valence-corrected chi connectivity index (χ0v) is 20.6. The number of rotatable bonds is 7. The first kappa shape index (κ1) is 24.7. The Bertz CT molecular complexity index is 1260. The molecule has 1 aliphatic heterocycles. The number of fused-ring (bicyclic) bond motifs is 1. The minimum absolute atomic E-state index is 0.223. The fourth-order valence-corrected chi connectivity index (χ4v) is 4.47. The van der Waals surface area contributed by atoms with Crippen molar-refractivity contribution in [3.8, 4) is 23.0 Å². The highest BCUT2D eigenvalue weighted by Crippen LogP contribution is 2.42. The summed E-state index contributed by atoms with van der Waals surface area (Å²) in [5.41, 5.74) is 1.55. The van der Waals surface area contributed by atoms with Crippen molar-refractivity contribution in [2.75, 3.05) is 25.2 Å². The van der Waals surface area contributed by atoms with Crippen molar-refractivity contribution in [2.24, 2.45) is 0 Å². The maximum absolute atomic E-state index is 13.2. The largest absolute Gasteiger partial charge is 0.493 e. The molecule has 9 heteroatoms. The summed E-state index contributed by atoms with van der Waals surface area (Å²) >= 11 is 12.6. The number of halogens is 2. The Balaban J connectivity index is 1.55. The number of aliphatic carboxylic acids is 1. The van der Waals surface area contributed by atoms with Crippen molar-refractivity contribution in [1.29, 1.82) is 0 Å². The van der Waals surface area contributed by atoms with Crippen molar-refractivity contribution in [3.63, 3.8) is 0 Å². The molecule has 1 aliphatic rings. The lowest BCUT2D eigenvalue weighted by atomic mass is 9.93. The van der Waals surface area contributed by atoms with Crippen LogP contribution in [-0.2, 0) is 4.79 Å². The fourth-order valence-electron chi connectivity index (χ4n) is 4.01. The smallest absolute Gasteiger partial charge is 0.311 e. The zero-order valence-electron chi connectivity index (χ0n) is 19.1. The molecule has 0 spiro atoms. The van der Waals surface area contributed by atoms with Crippen LogP contribution in [0.4, 0.5) is 5.69 Å². The number of methoxy groups -OCH3 is 1. The van der Waals surface area contributed by atoms with Crippen molar-refractivity contribution in [1.82, 2.24) is 0 Å². The van der Waals surface area contributed by atoms with Gasteiger partial charge in [-0.2, -0.15) is 0 Å². The molecule has 0 aliphatic carbocycles. The molecule has 1 amide bonds. The van der Waals surface area contributed by atoms with Crippen LogP contribution in [0, 0.1) is 0 Å². The predicted octanol–water partition coefficient (Wildman–Crippen LogP) is 6.41. The third-order valence-corrected chi connectivity index (χ3v) is 6.33. The van der Waals surface area contributed by atoms with Gasteiger partial charge >= 0.3 is 5.97 Å². The van der Waals surface area contributed by atoms with E-state index in [9.17, 15) is 14.7 Å². The highest BCUT2D eigenvalue weighted by atomic mass is 35.5. The summed E-state index contributed by atoms with van der Waals surface area (Å²) in [4.78, 5) is 26.3. The molecule has 0 saturated carbocycles. The van der Waals surface area contributed by atoms with Crippen LogP contribution < -0.4 is 19.1 Å². The molecule has 35 heavy (non-hydrogen) atoms. The van der Waals surface area contributed by atoms with Crippen LogP contribution in [0.5, 0.6) is 23.0 Å². The van der Waals surface area contributed by atoms with E-state index in [0.717, 1.165) is 0 Å². The molecule has 1 atom stereocenters. The fraction of sp³-hybridized carbons (Fsp3) is 0.231. The summed E-state index contributed by atoms with van der Waals surface area (Å²) < 4.78 is 16.9. The lowest BCUT2D eigenvalue weighted by Crippen LogP contribution is -2.31. The molecule has 1 N–H and O–H groups in total. The first-order chi connectivity index (χ1) is 16.8. The topological polar surface area (TPSA) is 85.3 Å². The minimum Gasteiger partial charge on any atom is -0.493 e. The predicted molar refractivity (Wildman–Crippen MR) is 134 cm³/mol. The van der Waals surface area contributed by atoms with Gasteiger partial charge in [-0.15, -0.1) is 0 Å². The molecule has 182 valence electrons. The SMILES string of the molecule is CCN(C(=O)c1ccc(Oc2cc3c(cc2Cl)C(C(=O)O)CCO3)cc1)c1cccc(Cl)c1OC. The van der Waals surface area contributed by atoms with E-state index in [1.165, 1.54) is 7.11 Å². The van der Waals surface area contributed by atoms with E-state index in [4.69, 9.17) is 37.4 Å². The second-order valence-electron chi connectivity index (χ2n) is 7.82. The Hall–Kier alpha value is -3.42. The van der Waals surface area contributed by atoms with E-state index in [0.29, 0.717) is 64.4 Å². The highest BCUT2D eigenvalue weighted by Gasteiger charge is 2.29. The number of anilines is 1. The van der Waals surface area contributed by atoms with Gasteiger partial charge in [-0.3, -0.25) is 9.59 Å². The van der Waals surface area contributed by atoms with Gasteiger partial charge in [0.1, 0.15) is 17.2 Å². The second kappa shape index (κ2) is 10.5. The number of carbonyl (C=O) groups excluding carboxylic acids is 1. The number of para-hydroxylation sites is 1. The summed E-state index contributed by atoms with van der Waals surface area (Å²) in [5.74, 6) is -0.166. The van der Waals surface area contributed by atoms with Gasteiger partial charge in [0.2, 0.25) is 0 Å². The molecular formula is C26H23Cl2NO6. The van der Waals surface area contributed by atoms with Crippen LogP contribution in [0.25, 0.3) is 0 Å². The number of amides is 1. The normalized spacial score (nSPS) is 14.5. The quantitative estimate of drug-likeness (QED) is 0.391. The van der Waals surface area contributed by atoms with Crippen molar-refractivity contribution >= 4 is 40.8 Å². The minimum atomic E-state index is -0.920. The molecule has 0 saturated heterocycles. The van der Waals surface area contributed by atoms with Gasteiger partial charge in [0.15, 0.2) is 5.75 Å². The van der Waals surface area contributed by atoms with Crippen LogP contribution in [0.2, 0.25) is 10.0 Å². The molecule has 0 fully saturated rings. The van der Waals surface area contributed by atoms with E-state index >= 15 is 0 Å². The third-order valence-electron chi connectivity index (χ3n) is 5.73. The molecule has 1 unspecified atom stereocenters. The van der Waals surface area contributed by atoms with Gasteiger partial charge in [0.05, 0.1) is 35.4 Å². The number of benzene rings is 3. The average Bonchev–Trinajstić information content (AvgIpc) is 2.85. The van der Waals surface area contributed by atoms with E-state index in [1.807, 2.05) is 6.92 Å². The summed E-state index contributed by atoms with van der Waals surface area (Å²) in [7, 11) is 1.51. The standard InChI is InChI=1S/C26H23Cl2NO6/c1-3-29(21-6-4-5-19(27)24(21)33-2)25(30)15-7-9-16(10-8-15)35-23-14-22-18(13-20(23)28)17(26(31)32)11-12-34-22/h4-10,13-14,17H,3,11-12H2,1-2H3,(H,31,32). The lowest BCUT2D eigenvalue weighted by molar-refractivity contribution is -0.139. The monoisotopic (exact) mass is 515 g/mol. The zero-order chi connectivity index (χ0) is 25.1. The van der Waals surface area contributed by atoms with E-state index in [-0.39, 0.29) is 10.9 Å². The lowest BCUT2D eigenvalue weighted by Gasteiger charge is -2.24. The first-order valence-electron chi connectivity index (χ1n) is 10.9. The number of carboxylic acid groups (broad SMARTS) is 1. The van der Waals surface area contributed by atoms with Crippen LogP contribution in [-0.4, -0.2) is 37.2 Å². The van der Waals surface area contributed by atoms with Gasteiger partial charge in [0.25, 0.3) is 5.91 Å². The summed E-state index contributed by atoms with van der Waals surface area (Å²) in [6, 6.07) is 15.0. The molecular weight excluding hydrogens is 493 g/mol. The molecule has 7 nitrogen and oxygen atoms in total. The van der Waals surface area contributed by atoms with Crippen LogP contribution in [0.15, 0.2) is 54.6 Å². The van der Waals surface area contributed by atoms with E-state index < -0.39 is 11.9 Å². The first-order valence-corrected chi connectivity index (χ1v) is 11.7. The maximum Gasteiger partial charge on any atom is 0.311 e. The molecule has 4 rings (SSSR count). The average molecular weight is 516 g/mol. The molecule has 1 heterocycles. The van der Waals surface area contributed by atoms with Gasteiger partial charge in [-0.1, -0.05) is 29.3 Å². The third kappa shape index (κ3) is 5.01.